The number of hydrogen-bond donors (Lipinski definition) is 0. The molecule has 0 N–H and O–H groups in total. The minimum Gasteiger partial charge on any atom is -0.331 e. The van der Waals surface area contributed by atoms with E-state index in [4.69, 9.17) is 0 Å². The quantitative estimate of drug-likeness (QED) is 0.582. The summed E-state index contributed by atoms with van der Waals surface area (Å²) in [6, 6.07) is 0. The summed E-state index contributed by atoms with van der Waals surface area (Å²) in [5.74, 6) is -0.997. The van der Waals surface area contributed by atoms with E-state index >= 15 is 0 Å². The molecule has 0 bridgehead atoms. The Morgan fingerprint density at radius 3 is 0.639 bits per heavy atom. The Bertz CT molecular complexity index is 673. The van der Waals surface area contributed by atoms with Crippen LogP contribution in [0.2, 0.25) is 0 Å². The number of amides is 4. The molecule has 1 aliphatic rings. The molecule has 1 fully saturated rings. The summed E-state index contributed by atoms with van der Waals surface area (Å²) < 4.78 is 0. The Morgan fingerprint density at radius 2 is 0.528 bits per heavy atom. The second kappa shape index (κ2) is 11.5. The fourth-order valence-corrected chi connectivity index (χ4v) is 4.27. The van der Waals surface area contributed by atoms with E-state index in [9.17, 15) is 19.2 Å². The van der Waals surface area contributed by atoms with E-state index in [-0.39, 0.29) is 71.5 Å². The first-order valence-corrected chi connectivity index (χ1v) is 13.1. The lowest BCUT2D eigenvalue weighted by molar-refractivity contribution is -0.152. The highest BCUT2D eigenvalue weighted by Crippen LogP contribution is 2.22. The van der Waals surface area contributed by atoms with Gasteiger partial charge in [0.05, 0.1) is 26.2 Å². The standard InChI is InChI=1S/C28H52N4O4/c1-25(2,3)17-29-13-22(34)31(19-27(7,8)9)15-24(36)32(20-28(10,11)12)16-23(35)30(14-21(29)33)18-26(4,5)6/h13-20H2,1-12H3. The first-order chi connectivity index (χ1) is 16.0. The van der Waals surface area contributed by atoms with E-state index in [1.807, 2.05) is 83.1 Å². The van der Waals surface area contributed by atoms with Crippen molar-refractivity contribution in [3.8, 4) is 0 Å². The molecule has 0 spiro atoms. The van der Waals surface area contributed by atoms with Crippen molar-refractivity contribution in [2.75, 3.05) is 52.4 Å². The summed E-state index contributed by atoms with van der Waals surface area (Å²) >= 11 is 0. The van der Waals surface area contributed by atoms with Crippen LogP contribution in [0.5, 0.6) is 0 Å². The third kappa shape index (κ3) is 12.2. The molecule has 0 aromatic rings. The predicted molar refractivity (Wildman–Crippen MR) is 144 cm³/mol. The van der Waals surface area contributed by atoms with Gasteiger partial charge in [0.2, 0.25) is 23.6 Å². The van der Waals surface area contributed by atoms with Crippen LogP contribution in [0.15, 0.2) is 0 Å². The van der Waals surface area contributed by atoms with E-state index in [0.29, 0.717) is 26.2 Å². The van der Waals surface area contributed by atoms with Gasteiger partial charge in [-0.2, -0.15) is 0 Å². The van der Waals surface area contributed by atoms with E-state index in [1.54, 1.807) is 19.6 Å². The Kier molecular flexibility index (Phi) is 10.2. The SMILES string of the molecule is CC(C)(C)CN1CC(=O)N(CC(C)(C)C)CC(=O)N(CC(C)(C)C)CC(=O)N(CC(C)(C)C)CC1=O. The van der Waals surface area contributed by atoms with Gasteiger partial charge in [-0.1, -0.05) is 83.1 Å². The Morgan fingerprint density at radius 1 is 0.389 bits per heavy atom. The molecule has 0 aromatic heterocycles. The van der Waals surface area contributed by atoms with Crippen molar-refractivity contribution in [2.45, 2.75) is 83.1 Å². The molecule has 1 heterocycles. The first-order valence-electron chi connectivity index (χ1n) is 13.1. The Balaban J connectivity index is 3.53. The van der Waals surface area contributed by atoms with Gasteiger partial charge < -0.3 is 19.6 Å². The van der Waals surface area contributed by atoms with Crippen molar-refractivity contribution in [3.05, 3.63) is 0 Å². The molecule has 208 valence electrons. The molecule has 1 rings (SSSR count). The van der Waals surface area contributed by atoms with Crippen molar-refractivity contribution >= 4 is 23.6 Å². The molecular weight excluding hydrogens is 456 g/mol. The Hall–Kier alpha value is -2.12. The summed E-state index contributed by atoms with van der Waals surface area (Å²) in [6.07, 6.45) is 0. The molecule has 8 nitrogen and oxygen atoms in total. The Labute approximate surface area is 219 Å². The second-order valence-corrected chi connectivity index (χ2v) is 15.2. The number of rotatable bonds is 4. The molecule has 0 unspecified atom stereocenters. The van der Waals surface area contributed by atoms with Crippen LogP contribution < -0.4 is 0 Å². The van der Waals surface area contributed by atoms with Gasteiger partial charge in [-0.3, -0.25) is 19.2 Å². The largest absolute Gasteiger partial charge is 0.331 e. The first kappa shape index (κ1) is 31.9. The average molecular weight is 509 g/mol. The average Bonchev–Trinajstić information content (AvgIpc) is 2.60. The van der Waals surface area contributed by atoms with Crippen molar-refractivity contribution in [1.29, 1.82) is 0 Å². The normalized spacial score (nSPS) is 18.6. The molecule has 0 aliphatic carbocycles. The third-order valence-corrected chi connectivity index (χ3v) is 5.38. The van der Waals surface area contributed by atoms with Crippen LogP contribution in [0, 0.1) is 21.7 Å². The number of carbonyl (C=O) groups excluding carboxylic acids is 4. The van der Waals surface area contributed by atoms with Crippen LogP contribution in [0.4, 0.5) is 0 Å². The minimum atomic E-state index is -0.249. The van der Waals surface area contributed by atoms with Crippen LogP contribution >= 0.6 is 0 Å². The fraction of sp³-hybridized carbons (Fsp3) is 0.857. The summed E-state index contributed by atoms with van der Waals surface area (Å²) in [4.78, 5) is 60.4. The van der Waals surface area contributed by atoms with Crippen molar-refractivity contribution in [1.82, 2.24) is 19.6 Å². The summed E-state index contributed by atoms with van der Waals surface area (Å²) in [5, 5.41) is 0. The van der Waals surface area contributed by atoms with Crippen LogP contribution in [-0.4, -0.2) is 95.6 Å². The summed E-state index contributed by atoms with van der Waals surface area (Å²) in [6.45, 7) is 25.2. The van der Waals surface area contributed by atoms with Gasteiger partial charge in [0.25, 0.3) is 0 Å². The molecule has 0 radical (unpaired) electrons. The number of hydrogen-bond acceptors (Lipinski definition) is 4. The van der Waals surface area contributed by atoms with E-state index < -0.39 is 0 Å². The van der Waals surface area contributed by atoms with E-state index in [1.165, 1.54) is 0 Å². The maximum absolute atomic E-state index is 13.5. The molecule has 0 saturated carbocycles. The molecule has 36 heavy (non-hydrogen) atoms. The zero-order chi connectivity index (χ0) is 28.3. The maximum Gasteiger partial charge on any atom is 0.242 e. The van der Waals surface area contributed by atoms with Crippen molar-refractivity contribution in [2.24, 2.45) is 21.7 Å². The third-order valence-electron chi connectivity index (χ3n) is 5.38. The monoisotopic (exact) mass is 508 g/mol. The highest BCUT2D eigenvalue weighted by molar-refractivity contribution is 5.93. The number of nitrogens with zero attached hydrogens (tertiary/aromatic N) is 4. The number of carbonyl (C=O) groups is 4. The lowest BCUT2D eigenvalue weighted by atomic mass is 9.94. The smallest absolute Gasteiger partial charge is 0.242 e. The van der Waals surface area contributed by atoms with Crippen molar-refractivity contribution in [3.63, 3.8) is 0 Å². The van der Waals surface area contributed by atoms with Crippen molar-refractivity contribution < 1.29 is 19.2 Å². The van der Waals surface area contributed by atoms with Gasteiger partial charge in [0, 0.05) is 26.2 Å². The molecular formula is C28H52N4O4. The highest BCUT2D eigenvalue weighted by Gasteiger charge is 2.34. The van der Waals surface area contributed by atoms with Gasteiger partial charge in [0.1, 0.15) is 0 Å². The topological polar surface area (TPSA) is 81.2 Å². The lowest BCUT2D eigenvalue weighted by Crippen LogP contribution is -2.56. The molecule has 0 aromatic carbocycles. The second-order valence-electron chi connectivity index (χ2n) is 15.2. The summed E-state index contributed by atoms with van der Waals surface area (Å²) in [5.41, 5.74) is -0.944. The molecule has 8 heteroatoms. The van der Waals surface area contributed by atoms with Crippen LogP contribution in [0.1, 0.15) is 83.1 Å². The van der Waals surface area contributed by atoms with E-state index in [0.717, 1.165) is 0 Å². The lowest BCUT2D eigenvalue weighted by Gasteiger charge is -2.39. The highest BCUT2D eigenvalue weighted by atomic mass is 16.2. The zero-order valence-electron chi connectivity index (χ0n) is 25.1. The molecule has 4 amide bonds. The molecule has 0 atom stereocenters. The maximum atomic E-state index is 13.5. The van der Waals surface area contributed by atoms with Crippen LogP contribution in [-0.2, 0) is 19.2 Å². The zero-order valence-corrected chi connectivity index (χ0v) is 25.1. The minimum absolute atomic E-state index is 0.115. The van der Waals surface area contributed by atoms with Crippen LogP contribution in [0.3, 0.4) is 0 Å². The van der Waals surface area contributed by atoms with Crippen LogP contribution in [0.25, 0.3) is 0 Å². The van der Waals surface area contributed by atoms with Gasteiger partial charge in [-0.25, -0.2) is 0 Å². The fourth-order valence-electron chi connectivity index (χ4n) is 4.27. The molecule has 1 saturated heterocycles. The van der Waals surface area contributed by atoms with Gasteiger partial charge in [-0.15, -0.1) is 0 Å². The predicted octanol–water partition coefficient (Wildman–Crippen LogP) is 3.50. The van der Waals surface area contributed by atoms with E-state index in [2.05, 4.69) is 0 Å². The van der Waals surface area contributed by atoms with Gasteiger partial charge in [0.15, 0.2) is 0 Å². The van der Waals surface area contributed by atoms with Gasteiger partial charge in [-0.05, 0) is 21.7 Å². The van der Waals surface area contributed by atoms with Gasteiger partial charge >= 0.3 is 0 Å². The summed E-state index contributed by atoms with van der Waals surface area (Å²) in [7, 11) is 0. The molecule has 1 aliphatic heterocycles.